The number of hydrogen-bond acceptors (Lipinski definition) is 0. The summed E-state index contributed by atoms with van der Waals surface area (Å²) in [6.07, 6.45) is 1.91. The molecule has 0 unspecified atom stereocenters. The van der Waals surface area contributed by atoms with E-state index in [4.69, 9.17) is 0 Å². The van der Waals surface area contributed by atoms with Crippen molar-refractivity contribution in [3.63, 3.8) is 0 Å². The fraction of sp³-hybridized carbons (Fsp3) is 0.0385. The Bertz CT molecular complexity index is 2910. The molecule has 13 rings (SSSR count). The minimum Gasteiger partial charge on any atom is -0.0619 e. The summed E-state index contributed by atoms with van der Waals surface area (Å²) < 4.78 is 0. The Kier molecular flexibility index (Phi) is 5.05. The van der Waals surface area contributed by atoms with E-state index in [1.807, 2.05) is 0 Å². The predicted molar refractivity (Wildman–Crippen MR) is 218 cm³/mol. The van der Waals surface area contributed by atoms with Crippen molar-refractivity contribution in [1.82, 2.24) is 0 Å². The van der Waals surface area contributed by atoms with Crippen molar-refractivity contribution in [2.75, 3.05) is 0 Å². The van der Waals surface area contributed by atoms with Crippen molar-refractivity contribution >= 4 is 21.5 Å². The fourth-order valence-electron chi connectivity index (χ4n) is 10.7. The largest absolute Gasteiger partial charge is 0.0619 e. The second kappa shape index (κ2) is 9.63. The SMILES string of the molecule is c1ccc2c(c1)Cc1c-2c(-c2ccccc2-c2c3c(c4c5c(cccc25)-c2ccccc2-4)Cc2ccccc2-3)c2cccc3c2c1-c1ccccc1-3. The summed E-state index contributed by atoms with van der Waals surface area (Å²) >= 11 is 0. The smallest absolute Gasteiger partial charge is 0.000682 e. The van der Waals surface area contributed by atoms with E-state index in [0.29, 0.717) is 0 Å². The second-order valence-corrected chi connectivity index (χ2v) is 15.0. The highest BCUT2D eigenvalue weighted by molar-refractivity contribution is 6.27. The minimum atomic E-state index is 0.955. The molecule has 0 radical (unpaired) electrons. The lowest BCUT2D eigenvalue weighted by Crippen LogP contribution is -1.97. The monoisotopic (exact) mass is 654 g/mol. The third kappa shape index (κ3) is 3.21. The maximum Gasteiger partial charge on any atom is -0.000682 e. The van der Waals surface area contributed by atoms with Gasteiger partial charge in [0.2, 0.25) is 0 Å². The number of hydrogen-bond donors (Lipinski definition) is 0. The quantitative estimate of drug-likeness (QED) is 0.174. The minimum absolute atomic E-state index is 0.955. The van der Waals surface area contributed by atoms with Gasteiger partial charge in [-0.05, 0) is 146 Å². The van der Waals surface area contributed by atoms with Gasteiger partial charge in [0.25, 0.3) is 0 Å². The predicted octanol–water partition coefficient (Wildman–Crippen LogP) is 13.8. The average molecular weight is 655 g/mol. The van der Waals surface area contributed by atoms with Crippen molar-refractivity contribution in [1.29, 1.82) is 0 Å². The molecule has 0 saturated carbocycles. The van der Waals surface area contributed by atoms with Crippen molar-refractivity contribution < 1.29 is 0 Å². The van der Waals surface area contributed by atoms with Gasteiger partial charge in [0.1, 0.15) is 0 Å². The Morgan fingerprint density at radius 1 is 0.231 bits per heavy atom. The summed E-state index contributed by atoms with van der Waals surface area (Å²) in [6, 6.07) is 59.8. The summed E-state index contributed by atoms with van der Waals surface area (Å²) in [5, 5.41) is 5.52. The highest BCUT2D eigenvalue weighted by atomic mass is 14.4. The molecule has 0 atom stereocenters. The Hall–Kier alpha value is -6.50. The number of rotatable bonds is 2. The first-order chi connectivity index (χ1) is 25.8. The molecule has 0 amide bonds. The van der Waals surface area contributed by atoms with Gasteiger partial charge < -0.3 is 0 Å². The highest BCUT2D eigenvalue weighted by Gasteiger charge is 2.36. The molecule has 0 heteroatoms. The lowest BCUT2D eigenvalue weighted by molar-refractivity contribution is 1.27. The van der Waals surface area contributed by atoms with Crippen LogP contribution in [0.1, 0.15) is 22.3 Å². The average Bonchev–Trinajstić information content (AvgIpc) is 3.95. The lowest BCUT2D eigenvalue weighted by atomic mass is 9.80. The van der Waals surface area contributed by atoms with Crippen LogP contribution < -0.4 is 0 Å². The number of fused-ring (bicyclic) bond motifs is 14. The second-order valence-electron chi connectivity index (χ2n) is 15.0. The summed E-state index contributed by atoms with van der Waals surface area (Å²) in [7, 11) is 0. The van der Waals surface area contributed by atoms with E-state index in [9.17, 15) is 0 Å². The van der Waals surface area contributed by atoms with Crippen molar-refractivity contribution in [2.45, 2.75) is 12.8 Å². The van der Waals surface area contributed by atoms with Gasteiger partial charge in [0.15, 0.2) is 0 Å². The molecule has 0 saturated heterocycles. The normalized spacial score (nSPS) is 13.2. The molecule has 238 valence electrons. The van der Waals surface area contributed by atoms with Crippen LogP contribution in [0.2, 0.25) is 0 Å². The fourth-order valence-corrected chi connectivity index (χ4v) is 10.7. The zero-order valence-corrected chi connectivity index (χ0v) is 28.4. The van der Waals surface area contributed by atoms with Gasteiger partial charge in [-0.3, -0.25) is 0 Å². The molecule has 9 aromatic carbocycles. The van der Waals surface area contributed by atoms with Crippen LogP contribution >= 0.6 is 0 Å². The van der Waals surface area contributed by atoms with Gasteiger partial charge in [0.05, 0.1) is 0 Å². The zero-order chi connectivity index (χ0) is 33.7. The molecular weight excluding hydrogens is 625 g/mol. The molecule has 0 N–H and O–H groups in total. The van der Waals surface area contributed by atoms with Gasteiger partial charge in [-0.2, -0.15) is 0 Å². The van der Waals surface area contributed by atoms with Crippen LogP contribution in [-0.4, -0.2) is 0 Å². The molecule has 0 bridgehead atoms. The first-order valence-corrected chi connectivity index (χ1v) is 18.5. The summed E-state index contributed by atoms with van der Waals surface area (Å²) in [5.41, 5.74) is 27.8. The van der Waals surface area contributed by atoms with E-state index in [-0.39, 0.29) is 0 Å². The molecule has 0 nitrogen and oxygen atoms in total. The van der Waals surface area contributed by atoms with Gasteiger partial charge in [-0.15, -0.1) is 0 Å². The van der Waals surface area contributed by atoms with E-state index in [0.717, 1.165) is 12.8 Å². The molecule has 0 aromatic heterocycles. The molecule has 9 aromatic rings. The molecule has 52 heavy (non-hydrogen) atoms. The van der Waals surface area contributed by atoms with E-state index in [2.05, 4.69) is 158 Å². The maximum absolute atomic E-state index is 2.41. The maximum atomic E-state index is 2.41. The van der Waals surface area contributed by atoms with E-state index in [1.165, 1.54) is 133 Å². The van der Waals surface area contributed by atoms with Crippen LogP contribution in [0, 0.1) is 0 Å². The highest BCUT2D eigenvalue weighted by Crippen LogP contribution is 2.61. The molecule has 0 heterocycles. The van der Waals surface area contributed by atoms with E-state index in [1.54, 1.807) is 0 Å². The van der Waals surface area contributed by atoms with E-state index < -0.39 is 0 Å². The van der Waals surface area contributed by atoms with Crippen LogP contribution in [0.15, 0.2) is 158 Å². The van der Waals surface area contributed by atoms with Gasteiger partial charge >= 0.3 is 0 Å². The zero-order valence-electron chi connectivity index (χ0n) is 28.4. The van der Waals surface area contributed by atoms with Crippen LogP contribution in [0.4, 0.5) is 0 Å². The Balaban J connectivity index is 1.21. The topological polar surface area (TPSA) is 0 Å². The van der Waals surface area contributed by atoms with Crippen LogP contribution in [0.25, 0.3) is 111 Å². The summed E-state index contributed by atoms with van der Waals surface area (Å²) in [4.78, 5) is 0. The molecule has 0 fully saturated rings. The van der Waals surface area contributed by atoms with Gasteiger partial charge in [0, 0.05) is 0 Å². The summed E-state index contributed by atoms with van der Waals surface area (Å²) in [6.45, 7) is 0. The van der Waals surface area contributed by atoms with Crippen molar-refractivity contribution in [2.24, 2.45) is 0 Å². The molecule has 4 aliphatic carbocycles. The van der Waals surface area contributed by atoms with Crippen LogP contribution in [0.5, 0.6) is 0 Å². The Morgan fingerprint density at radius 2 is 0.558 bits per heavy atom. The van der Waals surface area contributed by atoms with Crippen molar-refractivity contribution in [3.05, 3.63) is 180 Å². The molecule has 0 spiro atoms. The molecule has 0 aliphatic heterocycles. The van der Waals surface area contributed by atoms with Crippen LogP contribution in [0.3, 0.4) is 0 Å². The first-order valence-electron chi connectivity index (χ1n) is 18.5. The third-order valence-electron chi connectivity index (χ3n) is 12.6. The lowest BCUT2D eigenvalue weighted by Gasteiger charge is -2.23. The van der Waals surface area contributed by atoms with Crippen LogP contribution in [-0.2, 0) is 12.8 Å². The van der Waals surface area contributed by atoms with Gasteiger partial charge in [-0.1, -0.05) is 158 Å². The Morgan fingerprint density at radius 3 is 0.981 bits per heavy atom. The number of benzene rings is 9. The van der Waals surface area contributed by atoms with Gasteiger partial charge in [-0.25, -0.2) is 0 Å². The summed E-state index contributed by atoms with van der Waals surface area (Å²) in [5.74, 6) is 0. The van der Waals surface area contributed by atoms with E-state index >= 15 is 0 Å². The van der Waals surface area contributed by atoms with Crippen molar-refractivity contribution in [3.8, 4) is 89.0 Å². The Labute approximate surface area is 302 Å². The standard InChI is InChI=1S/C52H30/c1-3-15-31-29(13-1)27-43-45(31)49(41-25-11-23-37-33-17-5-7-19-35(33)51(43)47(37)41)39-21-9-10-22-40(39)50-42-26-12-24-38-34-18-6-8-20-36(34)52(48(38)42)44-28-30-14-2-4-16-32(30)46(44)50/h1-26H,27-28H2. The molecule has 4 aliphatic rings. The first kappa shape index (κ1) is 27.3. The third-order valence-corrected chi connectivity index (χ3v) is 12.6. The molecular formula is C52H30.